The molecular formula is C29H23NO5. The van der Waals surface area contributed by atoms with Crippen LogP contribution in [-0.2, 0) is 17.9 Å². The molecule has 0 saturated heterocycles. The first-order valence-corrected chi connectivity index (χ1v) is 11.2. The van der Waals surface area contributed by atoms with Crippen LogP contribution in [-0.4, -0.2) is 21.7 Å². The molecule has 1 aliphatic heterocycles. The molecule has 0 spiro atoms. The minimum absolute atomic E-state index is 0.00108. The third kappa shape index (κ3) is 4.59. The molecule has 35 heavy (non-hydrogen) atoms. The van der Waals surface area contributed by atoms with Crippen molar-refractivity contribution in [1.29, 1.82) is 0 Å². The molecule has 6 nitrogen and oxygen atoms in total. The number of hydrogen-bond donors (Lipinski definition) is 1. The highest BCUT2D eigenvalue weighted by Gasteiger charge is 2.44. The Morgan fingerprint density at radius 2 is 1.51 bits per heavy atom. The van der Waals surface area contributed by atoms with Gasteiger partial charge in [-0.2, -0.15) is 0 Å². The molecule has 1 unspecified atom stereocenters. The van der Waals surface area contributed by atoms with E-state index in [2.05, 4.69) is 0 Å². The van der Waals surface area contributed by atoms with E-state index in [0.29, 0.717) is 17.9 Å². The molecule has 0 radical (unpaired) electrons. The molecule has 3 aromatic carbocycles. The fourth-order valence-electron chi connectivity index (χ4n) is 4.20. The number of rotatable bonds is 8. The van der Waals surface area contributed by atoms with Gasteiger partial charge in [-0.3, -0.25) is 9.59 Å². The van der Waals surface area contributed by atoms with E-state index in [1.165, 1.54) is 17.2 Å². The van der Waals surface area contributed by atoms with Crippen molar-refractivity contribution in [2.45, 2.75) is 19.2 Å². The quantitative estimate of drug-likeness (QED) is 0.341. The summed E-state index contributed by atoms with van der Waals surface area (Å²) in [5, 5.41) is 10.8. The van der Waals surface area contributed by atoms with Crippen molar-refractivity contribution >= 4 is 11.7 Å². The first-order valence-electron chi connectivity index (χ1n) is 11.2. The van der Waals surface area contributed by atoms with Gasteiger partial charge in [-0.1, -0.05) is 72.8 Å². The number of ketones is 1. The second-order valence-electron chi connectivity index (χ2n) is 8.23. The van der Waals surface area contributed by atoms with Crippen LogP contribution in [0.3, 0.4) is 0 Å². The molecule has 6 heteroatoms. The summed E-state index contributed by atoms with van der Waals surface area (Å²) in [5.41, 5.74) is 2.61. The number of Topliss-reactive ketones (excluding diaryl/α,β-unsaturated/α-hetero) is 1. The van der Waals surface area contributed by atoms with E-state index in [0.717, 1.165) is 11.1 Å². The van der Waals surface area contributed by atoms with Crippen LogP contribution in [0.2, 0.25) is 0 Å². The maximum atomic E-state index is 13.3. The molecule has 1 amide bonds. The summed E-state index contributed by atoms with van der Waals surface area (Å²) in [4.78, 5) is 27.9. The molecular weight excluding hydrogens is 442 g/mol. The number of hydrogen-bond acceptors (Lipinski definition) is 5. The summed E-state index contributed by atoms with van der Waals surface area (Å²) in [7, 11) is 0. The molecule has 174 valence electrons. The molecule has 1 N–H and O–H groups in total. The number of nitrogens with zero attached hydrogens (tertiary/aromatic N) is 1. The summed E-state index contributed by atoms with van der Waals surface area (Å²) >= 11 is 0. The van der Waals surface area contributed by atoms with Gasteiger partial charge in [0, 0.05) is 6.54 Å². The van der Waals surface area contributed by atoms with E-state index in [4.69, 9.17) is 9.15 Å². The lowest BCUT2D eigenvalue weighted by Gasteiger charge is -2.27. The molecule has 0 saturated carbocycles. The molecule has 5 rings (SSSR count). The maximum absolute atomic E-state index is 13.3. The number of amides is 1. The Balaban J connectivity index is 1.46. The van der Waals surface area contributed by atoms with Gasteiger partial charge in [-0.15, -0.1) is 0 Å². The smallest absolute Gasteiger partial charge is 0.290 e. The van der Waals surface area contributed by atoms with E-state index in [1.807, 2.05) is 72.8 Å². The van der Waals surface area contributed by atoms with Gasteiger partial charge < -0.3 is 19.2 Å². The molecule has 1 aromatic heterocycles. The Morgan fingerprint density at radius 1 is 0.857 bits per heavy atom. The average molecular weight is 466 g/mol. The summed E-state index contributed by atoms with van der Waals surface area (Å²) in [6.45, 7) is 0.654. The Morgan fingerprint density at radius 3 is 2.14 bits per heavy atom. The summed E-state index contributed by atoms with van der Waals surface area (Å²) in [6, 6.07) is 28.8. The van der Waals surface area contributed by atoms with Crippen LogP contribution in [0.4, 0.5) is 0 Å². The lowest BCUT2D eigenvalue weighted by Crippen LogP contribution is -2.30. The van der Waals surface area contributed by atoms with E-state index in [9.17, 15) is 14.7 Å². The topological polar surface area (TPSA) is 80.0 Å². The third-order valence-corrected chi connectivity index (χ3v) is 5.93. The van der Waals surface area contributed by atoms with Crippen LogP contribution >= 0.6 is 0 Å². The Kier molecular flexibility index (Phi) is 6.18. The van der Waals surface area contributed by atoms with E-state index in [-0.39, 0.29) is 17.9 Å². The van der Waals surface area contributed by atoms with Gasteiger partial charge in [0.05, 0.1) is 17.9 Å². The van der Waals surface area contributed by atoms with E-state index < -0.39 is 23.5 Å². The number of furan rings is 1. The van der Waals surface area contributed by atoms with E-state index in [1.54, 1.807) is 18.2 Å². The highest BCUT2D eigenvalue weighted by Crippen LogP contribution is 2.40. The molecule has 1 aliphatic rings. The predicted molar refractivity (Wildman–Crippen MR) is 130 cm³/mol. The standard InChI is InChI=1S/C29H23NO5/c31-27(24-12-7-17-34-24)25-26(30(29(33)28(25)32)18-20-8-3-1-4-9-20)22-13-15-23(16-14-22)35-19-21-10-5-2-6-11-21/h1-17,26,32H,18-19H2. The fourth-order valence-corrected chi connectivity index (χ4v) is 4.20. The summed E-state index contributed by atoms with van der Waals surface area (Å²) < 4.78 is 11.2. The van der Waals surface area contributed by atoms with Crippen molar-refractivity contribution in [1.82, 2.24) is 4.90 Å². The lowest BCUT2D eigenvalue weighted by atomic mass is 9.95. The normalized spacial score (nSPS) is 15.5. The summed E-state index contributed by atoms with van der Waals surface area (Å²) in [6.07, 6.45) is 1.39. The first-order chi connectivity index (χ1) is 17.1. The minimum Gasteiger partial charge on any atom is -0.503 e. The van der Waals surface area contributed by atoms with Crippen molar-refractivity contribution in [2.75, 3.05) is 0 Å². The van der Waals surface area contributed by atoms with Crippen LogP contribution in [0.5, 0.6) is 5.75 Å². The van der Waals surface area contributed by atoms with Gasteiger partial charge in [0.2, 0.25) is 5.78 Å². The van der Waals surface area contributed by atoms with Crippen molar-refractivity contribution < 1.29 is 23.8 Å². The third-order valence-electron chi connectivity index (χ3n) is 5.93. The van der Waals surface area contributed by atoms with Gasteiger partial charge in [0.15, 0.2) is 11.5 Å². The van der Waals surface area contributed by atoms with Crippen LogP contribution in [0, 0.1) is 0 Å². The highest BCUT2D eigenvalue weighted by atomic mass is 16.5. The highest BCUT2D eigenvalue weighted by molar-refractivity contribution is 6.15. The number of carbonyl (C=O) groups excluding carboxylic acids is 2. The molecule has 0 fully saturated rings. The molecule has 1 atom stereocenters. The average Bonchev–Trinajstić information content (AvgIpc) is 3.52. The second kappa shape index (κ2) is 9.73. The van der Waals surface area contributed by atoms with Crippen molar-refractivity contribution in [2.24, 2.45) is 0 Å². The van der Waals surface area contributed by atoms with Crippen molar-refractivity contribution in [3.8, 4) is 5.75 Å². The Bertz CT molecular complexity index is 1340. The summed E-state index contributed by atoms with van der Waals surface area (Å²) in [5.74, 6) is -0.960. The number of aliphatic hydroxyl groups is 1. The largest absolute Gasteiger partial charge is 0.503 e. The maximum Gasteiger partial charge on any atom is 0.290 e. The SMILES string of the molecule is O=C(C1=C(O)C(=O)N(Cc2ccccc2)C1c1ccc(OCc2ccccc2)cc1)c1ccco1. The molecule has 0 bridgehead atoms. The van der Waals surface area contributed by atoms with Crippen molar-refractivity contribution in [3.63, 3.8) is 0 Å². The van der Waals surface area contributed by atoms with Crippen LogP contribution < -0.4 is 4.74 Å². The predicted octanol–water partition coefficient (Wildman–Crippen LogP) is 5.64. The number of aliphatic hydroxyl groups excluding tert-OH is 1. The Hall–Kier alpha value is -4.58. The van der Waals surface area contributed by atoms with Gasteiger partial charge in [-0.05, 0) is 41.0 Å². The zero-order valence-corrected chi connectivity index (χ0v) is 18.8. The van der Waals surface area contributed by atoms with Gasteiger partial charge in [0.25, 0.3) is 5.91 Å². The van der Waals surface area contributed by atoms with Crippen molar-refractivity contribution in [3.05, 3.63) is 137 Å². The van der Waals surface area contributed by atoms with Gasteiger partial charge in [0.1, 0.15) is 12.4 Å². The zero-order chi connectivity index (χ0) is 24.2. The monoisotopic (exact) mass is 465 g/mol. The van der Waals surface area contributed by atoms with Gasteiger partial charge >= 0.3 is 0 Å². The molecule has 2 heterocycles. The van der Waals surface area contributed by atoms with E-state index >= 15 is 0 Å². The second-order valence-corrected chi connectivity index (χ2v) is 8.23. The van der Waals surface area contributed by atoms with Crippen LogP contribution in [0.1, 0.15) is 33.3 Å². The minimum atomic E-state index is -0.775. The molecule has 4 aromatic rings. The zero-order valence-electron chi connectivity index (χ0n) is 18.8. The Labute approximate surface area is 202 Å². The lowest BCUT2D eigenvalue weighted by molar-refractivity contribution is -0.130. The molecule has 0 aliphatic carbocycles. The number of carbonyl (C=O) groups is 2. The fraction of sp³-hybridized carbons (Fsp3) is 0.103. The van der Waals surface area contributed by atoms with Crippen LogP contribution in [0.25, 0.3) is 0 Å². The number of benzene rings is 3. The van der Waals surface area contributed by atoms with Crippen LogP contribution in [0.15, 0.2) is 119 Å². The van der Waals surface area contributed by atoms with Gasteiger partial charge in [-0.25, -0.2) is 0 Å². The number of ether oxygens (including phenoxy) is 1. The first kappa shape index (κ1) is 22.2.